The molecule has 1 aliphatic carbocycles. The molecule has 0 bridgehead atoms. The van der Waals surface area contributed by atoms with E-state index in [9.17, 15) is 5.11 Å². The lowest BCUT2D eigenvalue weighted by atomic mass is 9.64. The van der Waals surface area contributed by atoms with Gasteiger partial charge in [-0.05, 0) is 103 Å². The largest absolute Gasteiger partial charge is 0.508 e. The van der Waals surface area contributed by atoms with Crippen LogP contribution in [0.2, 0.25) is 0 Å². The number of hydrogen-bond acceptors (Lipinski definition) is 4. The van der Waals surface area contributed by atoms with Crippen LogP contribution in [0.25, 0.3) is 0 Å². The van der Waals surface area contributed by atoms with Crippen molar-refractivity contribution in [2.24, 2.45) is 5.41 Å². The Hall–Kier alpha value is -2.98. The lowest BCUT2D eigenvalue weighted by Gasteiger charge is -2.42. The molecule has 4 rings (SSSR count). The summed E-state index contributed by atoms with van der Waals surface area (Å²) in [6.45, 7) is 17.2. The molecule has 40 heavy (non-hydrogen) atoms. The van der Waals surface area contributed by atoms with Gasteiger partial charge in [0, 0.05) is 25.3 Å². The molecule has 0 saturated heterocycles. The normalized spacial score (nSPS) is 16.1. The number of rotatable bonds is 14. The summed E-state index contributed by atoms with van der Waals surface area (Å²) in [7, 11) is 0. The summed E-state index contributed by atoms with van der Waals surface area (Å²) >= 11 is 0. The summed E-state index contributed by atoms with van der Waals surface area (Å²) in [6, 6.07) is 23.6. The van der Waals surface area contributed by atoms with Crippen LogP contribution in [0.3, 0.4) is 0 Å². The average molecular weight is 543 g/mol. The van der Waals surface area contributed by atoms with E-state index in [0.29, 0.717) is 11.7 Å². The molecule has 216 valence electrons. The average Bonchev–Trinajstić information content (AvgIpc) is 2.95. The molecule has 0 aliphatic heterocycles. The number of phenolic OH excluding ortho intramolecular Hbond substituents is 1. The van der Waals surface area contributed by atoms with Crippen LogP contribution in [0.15, 0.2) is 66.7 Å². The zero-order chi connectivity index (χ0) is 28.5. The van der Waals surface area contributed by atoms with E-state index in [1.807, 2.05) is 12.1 Å². The zero-order valence-corrected chi connectivity index (χ0v) is 25.5. The third-order valence-electron chi connectivity index (χ3n) is 8.74. The number of ether oxygens (including phenoxy) is 1. The van der Waals surface area contributed by atoms with E-state index < -0.39 is 0 Å². The minimum atomic E-state index is 0.0959. The van der Waals surface area contributed by atoms with E-state index in [1.165, 1.54) is 47.2 Å². The van der Waals surface area contributed by atoms with E-state index >= 15 is 0 Å². The first-order valence-corrected chi connectivity index (χ1v) is 15.4. The van der Waals surface area contributed by atoms with Crippen LogP contribution in [0.5, 0.6) is 11.5 Å². The summed E-state index contributed by atoms with van der Waals surface area (Å²) in [6.07, 6.45) is 5.80. The first-order valence-electron chi connectivity index (χ1n) is 15.4. The lowest BCUT2D eigenvalue weighted by Crippen LogP contribution is -2.33. The molecule has 1 unspecified atom stereocenters. The van der Waals surface area contributed by atoms with E-state index in [2.05, 4.69) is 99.0 Å². The molecule has 1 atom stereocenters. The number of anilines is 1. The SMILES string of the molecule is CCCCCN(CC)CCOc1ccc(CN(CC)c2ccccc2C2Cc3ccc(O)cc3CC2(C)C)cc1. The van der Waals surface area contributed by atoms with Gasteiger partial charge in [0.25, 0.3) is 0 Å². The standard InChI is InChI=1S/C36H50N2O2/c1-6-9-12-21-37(7-2)22-23-40-32-19-15-28(16-20-32)27-38(8-3)35-14-11-10-13-33(35)34-25-29-17-18-31(39)24-30(29)26-36(34,4)5/h10-11,13-20,24,34,39H,6-9,12,21-23,25-27H2,1-5H3. The van der Waals surface area contributed by atoms with Crippen molar-refractivity contribution in [3.05, 3.63) is 89.0 Å². The number of likely N-dealkylation sites (N-methyl/N-ethyl adjacent to an activating group) is 1. The first kappa shape index (κ1) is 30.0. The fourth-order valence-electron chi connectivity index (χ4n) is 6.27. The maximum atomic E-state index is 10.0. The van der Waals surface area contributed by atoms with E-state index in [0.717, 1.165) is 57.9 Å². The van der Waals surface area contributed by atoms with Gasteiger partial charge in [0.2, 0.25) is 0 Å². The molecule has 0 fully saturated rings. The molecule has 0 heterocycles. The molecule has 1 N–H and O–H groups in total. The molecular weight excluding hydrogens is 492 g/mol. The molecule has 0 radical (unpaired) electrons. The third-order valence-corrected chi connectivity index (χ3v) is 8.74. The van der Waals surface area contributed by atoms with Gasteiger partial charge in [0.05, 0.1) is 0 Å². The van der Waals surface area contributed by atoms with Gasteiger partial charge in [-0.1, -0.05) is 76.9 Å². The summed E-state index contributed by atoms with van der Waals surface area (Å²) in [5.74, 6) is 1.73. The van der Waals surface area contributed by atoms with Crippen LogP contribution < -0.4 is 9.64 Å². The molecule has 3 aromatic rings. The highest BCUT2D eigenvalue weighted by atomic mass is 16.5. The van der Waals surface area contributed by atoms with Crippen molar-refractivity contribution in [3.8, 4) is 11.5 Å². The molecule has 4 nitrogen and oxygen atoms in total. The zero-order valence-electron chi connectivity index (χ0n) is 25.5. The Morgan fingerprint density at radius 3 is 2.38 bits per heavy atom. The fourth-order valence-corrected chi connectivity index (χ4v) is 6.27. The molecule has 0 saturated carbocycles. The Balaban J connectivity index is 1.42. The van der Waals surface area contributed by atoms with Crippen LogP contribution in [0, 0.1) is 5.41 Å². The lowest BCUT2D eigenvalue weighted by molar-refractivity contribution is 0.213. The first-order chi connectivity index (χ1) is 19.3. The summed E-state index contributed by atoms with van der Waals surface area (Å²) in [4.78, 5) is 4.99. The maximum Gasteiger partial charge on any atom is 0.119 e. The monoisotopic (exact) mass is 542 g/mol. The predicted octanol–water partition coefficient (Wildman–Crippen LogP) is 8.22. The molecule has 3 aromatic carbocycles. The number of nitrogens with zero attached hydrogens (tertiary/aromatic N) is 2. The van der Waals surface area contributed by atoms with Gasteiger partial charge in [-0.15, -0.1) is 0 Å². The summed E-state index contributed by atoms with van der Waals surface area (Å²) in [5, 5.41) is 10.0. The quantitative estimate of drug-likeness (QED) is 0.208. The molecule has 0 spiro atoms. The second-order valence-electron chi connectivity index (χ2n) is 12.1. The second kappa shape index (κ2) is 14.1. The van der Waals surface area contributed by atoms with Crippen LogP contribution in [-0.2, 0) is 19.4 Å². The number of aromatic hydroxyl groups is 1. The Morgan fingerprint density at radius 1 is 0.875 bits per heavy atom. The Morgan fingerprint density at radius 2 is 1.65 bits per heavy atom. The highest BCUT2D eigenvalue weighted by Gasteiger charge is 2.37. The number of benzene rings is 3. The minimum absolute atomic E-state index is 0.0959. The van der Waals surface area contributed by atoms with Gasteiger partial charge in [-0.3, -0.25) is 0 Å². The number of fused-ring (bicyclic) bond motifs is 1. The van der Waals surface area contributed by atoms with Crippen molar-refractivity contribution in [1.29, 1.82) is 0 Å². The van der Waals surface area contributed by atoms with Crippen LogP contribution in [-0.4, -0.2) is 42.8 Å². The smallest absolute Gasteiger partial charge is 0.119 e. The number of para-hydroxylation sites is 1. The Kier molecular flexibility index (Phi) is 10.6. The van der Waals surface area contributed by atoms with Gasteiger partial charge in [0.15, 0.2) is 0 Å². The van der Waals surface area contributed by atoms with Gasteiger partial charge >= 0.3 is 0 Å². The highest BCUT2D eigenvalue weighted by molar-refractivity contribution is 5.57. The van der Waals surface area contributed by atoms with E-state index in [1.54, 1.807) is 0 Å². The van der Waals surface area contributed by atoms with Gasteiger partial charge in [-0.25, -0.2) is 0 Å². The Bertz CT molecular complexity index is 1200. The third kappa shape index (κ3) is 7.60. The van der Waals surface area contributed by atoms with E-state index in [4.69, 9.17) is 4.74 Å². The highest BCUT2D eigenvalue weighted by Crippen LogP contribution is 2.48. The van der Waals surface area contributed by atoms with Crippen LogP contribution in [0.1, 0.15) is 82.1 Å². The predicted molar refractivity (Wildman–Crippen MR) is 169 cm³/mol. The number of phenols is 1. The summed E-state index contributed by atoms with van der Waals surface area (Å²) < 4.78 is 6.10. The van der Waals surface area contributed by atoms with Crippen molar-refractivity contribution in [2.75, 3.05) is 37.7 Å². The van der Waals surface area contributed by atoms with Crippen molar-refractivity contribution in [3.63, 3.8) is 0 Å². The number of unbranched alkanes of at least 4 members (excludes halogenated alkanes) is 2. The van der Waals surface area contributed by atoms with Crippen molar-refractivity contribution < 1.29 is 9.84 Å². The summed E-state index contributed by atoms with van der Waals surface area (Å²) in [5.41, 5.74) is 6.78. The Labute approximate surface area is 243 Å². The molecule has 4 heteroatoms. The fraction of sp³-hybridized carbons (Fsp3) is 0.500. The molecule has 1 aliphatic rings. The van der Waals surface area contributed by atoms with Crippen molar-refractivity contribution >= 4 is 5.69 Å². The van der Waals surface area contributed by atoms with Crippen molar-refractivity contribution in [2.45, 2.75) is 79.2 Å². The van der Waals surface area contributed by atoms with Crippen molar-refractivity contribution in [1.82, 2.24) is 4.90 Å². The van der Waals surface area contributed by atoms with Gasteiger partial charge in [0.1, 0.15) is 18.1 Å². The number of hydrogen-bond donors (Lipinski definition) is 1. The molecule has 0 aromatic heterocycles. The molecule has 0 amide bonds. The van der Waals surface area contributed by atoms with E-state index in [-0.39, 0.29) is 5.41 Å². The topological polar surface area (TPSA) is 35.9 Å². The maximum absolute atomic E-state index is 10.0. The van der Waals surface area contributed by atoms with Gasteiger partial charge in [-0.2, -0.15) is 0 Å². The van der Waals surface area contributed by atoms with Crippen LogP contribution >= 0.6 is 0 Å². The van der Waals surface area contributed by atoms with Crippen LogP contribution in [0.4, 0.5) is 5.69 Å². The minimum Gasteiger partial charge on any atom is -0.508 e. The molecular formula is C36H50N2O2. The van der Waals surface area contributed by atoms with Gasteiger partial charge < -0.3 is 19.6 Å². The second-order valence-corrected chi connectivity index (χ2v) is 12.1.